The van der Waals surface area contributed by atoms with Gasteiger partial charge in [-0.25, -0.2) is 0 Å². The molecule has 0 spiro atoms. The zero-order chi connectivity index (χ0) is 10.6. The number of carbonyl (C=O) groups is 1. The number of hydrogen-bond donors (Lipinski definition) is 0. The summed E-state index contributed by atoms with van der Waals surface area (Å²) >= 11 is 0. The van der Waals surface area contributed by atoms with Crippen molar-refractivity contribution in [3.05, 3.63) is 6.42 Å². The van der Waals surface area contributed by atoms with Gasteiger partial charge in [-0.3, -0.25) is 4.79 Å². The molecule has 0 heterocycles. The molecule has 0 aromatic heterocycles. The average Bonchev–Trinajstić information content (AvgIpc) is 2.21. The Kier molecular flexibility index (Phi) is 10.2. The molecule has 1 radical (unpaired) electrons. The second-order valence-corrected chi connectivity index (χ2v) is 3.58. The van der Waals surface area contributed by atoms with Gasteiger partial charge < -0.3 is 4.74 Å². The van der Waals surface area contributed by atoms with E-state index in [2.05, 4.69) is 6.92 Å². The fourth-order valence-corrected chi connectivity index (χ4v) is 1.32. The van der Waals surface area contributed by atoms with Crippen LogP contribution in [0.2, 0.25) is 0 Å². The molecule has 83 valence electrons. The molecule has 0 atom stereocenters. The first-order valence-electron chi connectivity index (χ1n) is 5.77. The first-order chi connectivity index (χ1) is 6.81. The molecule has 0 aliphatic carbocycles. The smallest absolute Gasteiger partial charge is 0.309 e. The first kappa shape index (κ1) is 13.5. The summed E-state index contributed by atoms with van der Waals surface area (Å²) in [4.78, 5) is 10.7. The summed E-state index contributed by atoms with van der Waals surface area (Å²) in [6.45, 7) is 4.50. The summed E-state index contributed by atoms with van der Waals surface area (Å²) in [7, 11) is 0. The largest absolute Gasteiger partial charge is 0.465 e. The first-order valence-corrected chi connectivity index (χ1v) is 5.77. The number of ether oxygens (including phenoxy) is 1. The lowest BCUT2D eigenvalue weighted by Gasteiger charge is -2.02. The lowest BCUT2D eigenvalue weighted by molar-refractivity contribution is -0.139. The number of esters is 1. The third-order valence-corrected chi connectivity index (χ3v) is 2.23. The number of hydrogen-bond acceptors (Lipinski definition) is 2. The molecule has 0 aliphatic heterocycles. The van der Waals surface area contributed by atoms with Gasteiger partial charge in [0.15, 0.2) is 0 Å². The molecular formula is C12H23O2. The fourth-order valence-electron chi connectivity index (χ4n) is 1.32. The monoisotopic (exact) mass is 199 g/mol. The highest BCUT2D eigenvalue weighted by Gasteiger charge is 1.97. The van der Waals surface area contributed by atoms with Crippen molar-refractivity contribution in [2.24, 2.45) is 0 Å². The SMILES string of the molecule is C[CH]C(=O)OCCCCCCCCC. The van der Waals surface area contributed by atoms with Crippen LogP contribution in [0.25, 0.3) is 0 Å². The molecule has 0 saturated heterocycles. The van der Waals surface area contributed by atoms with E-state index in [1.54, 1.807) is 6.92 Å². The van der Waals surface area contributed by atoms with Gasteiger partial charge in [-0.1, -0.05) is 52.4 Å². The van der Waals surface area contributed by atoms with Gasteiger partial charge in [0, 0.05) is 0 Å². The standard InChI is InChI=1S/C12H23O2/c1-3-5-6-7-8-9-10-11-14-12(13)4-2/h4H,3,5-11H2,1-2H3. The van der Waals surface area contributed by atoms with Crippen molar-refractivity contribution in [3.63, 3.8) is 0 Å². The van der Waals surface area contributed by atoms with Crippen LogP contribution in [0.4, 0.5) is 0 Å². The van der Waals surface area contributed by atoms with Crippen molar-refractivity contribution in [3.8, 4) is 0 Å². The molecule has 0 aromatic carbocycles. The van der Waals surface area contributed by atoms with Crippen LogP contribution >= 0.6 is 0 Å². The highest BCUT2D eigenvalue weighted by atomic mass is 16.5. The van der Waals surface area contributed by atoms with E-state index in [4.69, 9.17) is 4.74 Å². The zero-order valence-electron chi connectivity index (χ0n) is 9.55. The molecule has 2 nitrogen and oxygen atoms in total. The maximum atomic E-state index is 10.7. The summed E-state index contributed by atoms with van der Waals surface area (Å²) in [6.07, 6.45) is 10.2. The van der Waals surface area contributed by atoms with Gasteiger partial charge in [0.1, 0.15) is 0 Å². The van der Waals surface area contributed by atoms with Gasteiger partial charge in [-0.05, 0) is 6.42 Å². The molecule has 0 saturated carbocycles. The number of unbranched alkanes of at least 4 members (excludes halogenated alkanes) is 6. The third kappa shape index (κ3) is 9.56. The van der Waals surface area contributed by atoms with Crippen LogP contribution in [0.15, 0.2) is 0 Å². The Morgan fingerprint density at radius 3 is 2.21 bits per heavy atom. The molecule has 0 amide bonds. The lowest BCUT2D eigenvalue weighted by Crippen LogP contribution is -2.04. The minimum absolute atomic E-state index is 0.198. The fraction of sp³-hybridized carbons (Fsp3) is 0.833. The van der Waals surface area contributed by atoms with E-state index in [-0.39, 0.29) is 5.97 Å². The Hall–Kier alpha value is -0.530. The highest BCUT2D eigenvalue weighted by molar-refractivity contribution is 5.78. The lowest BCUT2D eigenvalue weighted by atomic mass is 10.1. The van der Waals surface area contributed by atoms with Crippen molar-refractivity contribution < 1.29 is 9.53 Å². The zero-order valence-corrected chi connectivity index (χ0v) is 9.55. The predicted molar refractivity (Wildman–Crippen MR) is 58.9 cm³/mol. The second kappa shape index (κ2) is 10.6. The van der Waals surface area contributed by atoms with E-state index >= 15 is 0 Å². The third-order valence-electron chi connectivity index (χ3n) is 2.23. The topological polar surface area (TPSA) is 26.3 Å². The minimum Gasteiger partial charge on any atom is -0.465 e. The van der Waals surface area contributed by atoms with Gasteiger partial charge in [-0.2, -0.15) is 0 Å². The van der Waals surface area contributed by atoms with Crippen LogP contribution in [-0.4, -0.2) is 12.6 Å². The molecule has 0 fully saturated rings. The normalized spacial score (nSPS) is 10.1. The van der Waals surface area contributed by atoms with Crippen LogP contribution in [0, 0.1) is 6.42 Å². The van der Waals surface area contributed by atoms with Crippen LogP contribution in [0.3, 0.4) is 0 Å². The van der Waals surface area contributed by atoms with E-state index in [1.807, 2.05) is 0 Å². The van der Waals surface area contributed by atoms with E-state index in [1.165, 1.54) is 44.9 Å². The van der Waals surface area contributed by atoms with Crippen LogP contribution in [0.5, 0.6) is 0 Å². The maximum Gasteiger partial charge on any atom is 0.309 e. The molecular weight excluding hydrogens is 176 g/mol. The summed E-state index contributed by atoms with van der Waals surface area (Å²) < 4.78 is 4.92. The number of rotatable bonds is 9. The van der Waals surface area contributed by atoms with Crippen molar-refractivity contribution in [2.45, 2.75) is 58.8 Å². The van der Waals surface area contributed by atoms with Crippen molar-refractivity contribution >= 4 is 5.97 Å². The van der Waals surface area contributed by atoms with E-state index in [0.717, 1.165) is 6.42 Å². The average molecular weight is 199 g/mol. The number of carbonyl (C=O) groups excluding carboxylic acids is 1. The Labute approximate surface area is 88.0 Å². The van der Waals surface area contributed by atoms with Crippen molar-refractivity contribution in [2.75, 3.05) is 6.61 Å². The van der Waals surface area contributed by atoms with Crippen LogP contribution < -0.4 is 0 Å². The molecule has 0 N–H and O–H groups in total. The van der Waals surface area contributed by atoms with Gasteiger partial charge in [-0.15, -0.1) is 0 Å². The molecule has 0 aliphatic rings. The summed E-state index contributed by atoms with van der Waals surface area (Å²) in [5, 5.41) is 0. The van der Waals surface area contributed by atoms with E-state index in [0.29, 0.717) is 6.61 Å². The van der Waals surface area contributed by atoms with Crippen LogP contribution in [0.1, 0.15) is 58.8 Å². The van der Waals surface area contributed by atoms with Gasteiger partial charge >= 0.3 is 5.97 Å². The highest BCUT2D eigenvalue weighted by Crippen LogP contribution is 2.06. The molecule has 0 unspecified atom stereocenters. The Bertz CT molecular complexity index is 132. The minimum atomic E-state index is -0.198. The Morgan fingerprint density at radius 1 is 1.07 bits per heavy atom. The molecule has 14 heavy (non-hydrogen) atoms. The maximum absolute atomic E-state index is 10.7. The van der Waals surface area contributed by atoms with Gasteiger partial charge in [0.05, 0.1) is 13.0 Å². The molecule has 2 heteroatoms. The molecule has 0 bridgehead atoms. The Morgan fingerprint density at radius 2 is 1.64 bits per heavy atom. The van der Waals surface area contributed by atoms with Crippen molar-refractivity contribution in [1.29, 1.82) is 0 Å². The van der Waals surface area contributed by atoms with Gasteiger partial charge in [0.25, 0.3) is 0 Å². The summed E-state index contributed by atoms with van der Waals surface area (Å²) in [5.74, 6) is -0.198. The quantitative estimate of drug-likeness (QED) is 0.419. The van der Waals surface area contributed by atoms with Gasteiger partial charge in [0.2, 0.25) is 0 Å². The Balaban J connectivity index is 2.95. The molecule has 0 aromatic rings. The van der Waals surface area contributed by atoms with Crippen LogP contribution in [-0.2, 0) is 9.53 Å². The summed E-state index contributed by atoms with van der Waals surface area (Å²) in [5.41, 5.74) is 0. The molecule has 0 rings (SSSR count). The second-order valence-electron chi connectivity index (χ2n) is 3.58. The predicted octanol–water partition coefficient (Wildman–Crippen LogP) is 3.50. The van der Waals surface area contributed by atoms with Crippen molar-refractivity contribution in [1.82, 2.24) is 0 Å². The summed E-state index contributed by atoms with van der Waals surface area (Å²) in [6, 6.07) is 0. The van der Waals surface area contributed by atoms with E-state index in [9.17, 15) is 4.79 Å². The van der Waals surface area contributed by atoms with E-state index < -0.39 is 0 Å².